The fourth-order valence-corrected chi connectivity index (χ4v) is 3.65. The number of carbonyl (C=O) groups excluding carboxylic acids is 1. The zero-order valence-corrected chi connectivity index (χ0v) is 17.5. The highest BCUT2D eigenvalue weighted by molar-refractivity contribution is 5.85. The Kier molecular flexibility index (Phi) is 5.38. The van der Waals surface area contributed by atoms with Crippen molar-refractivity contribution in [1.82, 2.24) is 0 Å². The number of hydrogen-bond acceptors (Lipinski definition) is 6. The van der Waals surface area contributed by atoms with Crippen LogP contribution < -0.4 is 15.5 Å². The molecule has 158 valence electrons. The van der Waals surface area contributed by atoms with Crippen molar-refractivity contribution in [2.75, 3.05) is 0 Å². The van der Waals surface area contributed by atoms with Crippen molar-refractivity contribution in [3.63, 3.8) is 0 Å². The molecule has 0 aliphatic heterocycles. The quantitative estimate of drug-likeness (QED) is 0.443. The van der Waals surface area contributed by atoms with Crippen LogP contribution in [0.3, 0.4) is 0 Å². The van der Waals surface area contributed by atoms with Crippen LogP contribution in [0.5, 0.6) is 5.75 Å². The highest BCUT2D eigenvalue weighted by Crippen LogP contribution is 2.31. The van der Waals surface area contributed by atoms with Crippen molar-refractivity contribution in [3.8, 4) is 5.75 Å². The summed E-state index contributed by atoms with van der Waals surface area (Å²) in [4.78, 5) is 23.7. The average Bonchev–Trinajstić information content (AvgIpc) is 3.13. The van der Waals surface area contributed by atoms with Gasteiger partial charge in [0.25, 0.3) is 0 Å². The van der Waals surface area contributed by atoms with Crippen LogP contribution in [0.2, 0.25) is 0 Å². The second-order valence-corrected chi connectivity index (χ2v) is 7.49. The summed E-state index contributed by atoms with van der Waals surface area (Å²) in [5, 5.41) is 11.8. The van der Waals surface area contributed by atoms with Gasteiger partial charge in [-0.2, -0.15) is 0 Å². The van der Waals surface area contributed by atoms with Gasteiger partial charge < -0.3 is 23.5 Å². The van der Waals surface area contributed by atoms with Crippen LogP contribution in [0, 0.1) is 20.8 Å². The van der Waals surface area contributed by atoms with Gasteiger partial charge in [0, 0.05) is 28.5 Å². The molecule has 0 radical (unpaired) electrons. The van der Waals surface area contributed by atoms with E-state index in [0.717, 1.165) is 16.5 Å². The molecule has 0 bridgehead atoms. The fraction of sp³-hybridized carbons (Fsp3) is 0.200. The van der Waals surface area contributed by atoms with E-state index in [0.29, 0.717) is 40.2 Å². The van der Waals surface area contributed by atoms with Crippen molar-refractivity contribution in [1.29, 1.82) is 0 Å². The molecule has 2 aromatic heterocycles. The number of rotatable bonds is 6. The first-order valence-electron chi connectivity index (χ1n) is 9.88. The van der Waals surface area contributed by atoms with Crippen molar-refractivity contribution < 1.29 is 23.5 Å². The van der Waals surface area contributed by atoms with Gasteiger partial charge in [-0.15, -0.1) is 0 Å². The van der Waals surface area contributed by atoms with Gasteiger partial charge in [0.2, 0.25) is 0 Å². The Morgan fingerprint density at radius 1 is 1.00 bits per heavy atom. The third-order valence-corrected chi connectivity index (χ3v) is 5.48. The van der Waals surface area contributed by atoms with Crippen LogP contribution in [0.1, 0.15) is 44.1 Å². The predicted octanol–water partition coefficient (Wildman–Crippen LogP) is 3.84. The molecule has 6 nitrogen and oxygen atoms in total. The number of hydrogen-bond donors (Lipinski definition) is 0. The maximum Gasteiger partial charge on any atom is 0.340 e. The zero-order valence-electron chi connectivity index (χ0n) is 17.5. The molecule has 0 atom stereocenters. The van der Waals surface area contributed by atoms with Gasteiger partial charge in [-0.25, -0.2) is 4.79 Å². The standard InChI is InChI=1S/C25H22O6/c1-14-19-9-10-21(29-13-18-12-22(24(26)27)30-16(18)3)15(2)23(19)31-25(28)20(14)11-17-7-5-4-6-8-17/h4-10,12H,11,13H2,1-3H3,(H,26,27)/p-1. The minimum Gasteiger partial charge on any atom is -0.542 e. The monoisotopic (exact) mass is 417 g/mol. The third kappa shape index (κ3) is 3.97. The molecule has 0 saturated carbocycles. The summed E-state index contributed by atoms with van der Waals surface area (Å²) in [6, 6.07) is 14.9. The number of furan rings is 1. The summed E-state index contributed by atoms with van der Waals surface area (Å²) in [6.45, 7) is 5.53. The first kappa shape index (κ1) is 20.5. The molecule has 6 heteroatoms. The number of carboxylic acids is 1. The molecule has 2 aromatic carbocycles. The van der Waals surface area contributed by atoms with Crippen LogP contribution in [-0.2, 0) is 13.0 Å². The maximum atomic E-state index is 12.7. The lowest BCUT2D eigenvalue weighted by Gasteiger charge is -2.13. The molecule has 0 saturated heterocycles. The number of carboxylic acid groups (broad SMARTS) is 1. The lowest BCUT2D eigenvalue weighted by Crippen LogP contribution is -2.21. The molecule has 0 fully saturated rings. The SMILES string of the molecule is Cc1oc(C(=O)[O-])cc1COc1ccc2c(C)c(Cc3ccccc3)c(=O)oc2c1C. The number of benzene rings is 2. The van der Waals surface area contributed by atoms with E-state index in [1.165, 1.54) is 6.07 Å². The second-order valence-electron chi connectivity index (χ2n) is 7.49. The van der Waals surface area contributed by atoms with Crippen molar-refractivity contribution in [3.05, 3.63) is 98.3 Å². The molecule has 31 heavy (non-hydrogen) atoms. The van der Waals surface area contributed by atoms with E-state index >= 15 is 0 Å². The van der Waals surface area contributed by atoms with Crippen molar-refractivity contribution in [2.24, 2.45) is 0 Å². The molecule has 0 aliphatic rings. The number of aryl methyl sites for hydroxylation is 3. The molecule has 0 N–H and O–H groups in total. The molecular formula is C25H21O6-. The summed E-state index contributed by atoms with van der Waals surface area (Å²) in [6.07, 6.45) is 0.503. The summed E-state index contributed by atoms with van der Waals surface area (Å²) in [7, 11) is 0. The summed E-state index contributed by atoms with van der Waals surface area (Å²) < 4.78 is 16.7. The van der Waals surface area contributed by atoms with E-state index in [9.17, 15) is 14.7 Å². The highest BCUT2D eigenvalue weighted by Gasteiger charge is 2.16. The van der Waals surface area contributed by atoms with E-state index in [4.69, 9.17) is 13.6 Å². The third-order valence-electron chi connectivity index (χ3n) is 5.48. The Hall–Kier alpha value is -3.80. The van der Waals surface area contributed by atoms with Gasteiger partial charge in [0.15, 0.2) is 0 Å². The van der Waals surface area contributed by atoms with Crippen molar-refractivity contribution >= 4 is 16.9 Å². The Morgan fingerprint density at radius 2 is 1.74 bits per heavy atom. The highest BCUT2D eigenvalue weighted by atomic mass is 16.5. The van der Waals surface area contributed by atoms with Crippen molar-refractivity contribution in [2.45, 2.75) is 33.8 Å². The van der Waals surface area contributed by atoms with Gasteiger partial charge in [-0.05, 0) is 50.1 Å². The molecule has 0 unspecified atom stereocenters. The zero-order chi connectivity index (χ0) is 22.1. The Balaban J connectivity index is 1.65. The Morgan fingerprint density at radius 3 is 2.42 bits per heavy atom. The van der Waals surface area contributed by atoms with Crippen LogP contribution in [0.4, 0.5) is 0 Å². The van der Waals surface area contributed by atoms with Gasteiger partial charge in [-0.3, -0.25) is 0 Å². The van der Waals surface area contributed by atoms with E-state index in [-0.39, 0.29) is 18.0 Å². The van der Waals surface area contributed by atoms with Gasteiger partial charge in [-0.1, -0.05) is 30.3 Å². The molecule has 2 heterocycles. The second kappa shape index (κ2) is 8.14. The minimum absolute atomic E-state index is 0.115. The minimum atomic E-state index is -1.38. The topological polar surface area (TPSA) is 92.7 Å². The smallest absolute Gasteiger partial charge is 0.340 e. The van der Waals surface area contributed by atoms with Crippen LogP contribution in [0.25, 0.3) is 11.0 Å². The average molecular weight is 417 g/mol. The largest absolute Gasteiger partial charge is 0.542 e. The van der Waals surface area contributed by atoms with Gasteiger partial charge in [0.1, 0.15) is 35.4 Å². The molecule has 0 aliphatic carbocycles. The predicted molar refractivity (Wildman–Crippen MR) is 113 cm³/mol. The van der Waals surface area contributed by atoms with E-state index in [2.05, 4.69) is 0 Å². The Bertz CT molecular complexity index is 1330. The number of carbonyl (C=O) groups is 1. The normalized spacial score (nSPS) is 11.1. The number of aromatic carboxylic acids is 1. The van der Waals surface area contributed by atoms with E-state index in [1.54, 1.807) is 6.92 Å². The molecule has 4 rings (SSSR count). The lowest BCUT2D eigenvalue weighted by atomic mass is 9.98. The van der Waals surface area contributed by atoms with Crippen LogP contribution >= 0.6 is 0 Å². The summed E-state index contributed by atoms with van der Waals surface area (Å²) in [5.74, 6) is -0.620. The first-order chi connectivity index (χ1) is 14.8. The fourth-order valence-electron chi connectivity index (χ4n) is 3.65. The van der Waals surface area contributed by atoms with Crippen LogP contribution in [0.15, 0.2) is 62.2 Å². The molecule has 0 spiro atoms. The molecular weight excluding hydrogens is 396 g/mol. The Labute approximate surface area is 178 Å². The molecule has 4 aromatic rings. The maximum absolute atomic E-state index is 12.7. The van der Waals surface area contributed by atoms with E-state index < -0.39 is 5.97 Å². The molecule has 0 amide bonds. The lowest BCUT2D eigenvalue weighted by molar-refractivity contribution is -0.257. The number of fused-ring (bicyclic) bond motifs is 1. The van der Waals surface area contributed by atoms with Crippen LogP contribution in [-0.4, -0.2) is 5.97 Å². The van der Waals surface area contributed by atoms with E-state index in [1.807, 2.05) is 56.3 Å². The first-order valence-corrected chi connectivity index (χ1v) is 9.88. The number of ether oxygens (including phenoxy) is 1. The van der Waals surface area contributed by atoms with Gasteiger partial charge in [0.05, 0.1) is 0 Å². The van der Waals surface area contributed by atoms with Gasteiger partial charge >= 0.3 is 5.63 Å². The summed E-state index contributed by atoms with van der Waals surface area (Å²) in [5.41, 5.74) is 3.99. The summed E-state index contributed by atoms with van der Waals surface area (Å²) >= 11 is 0.